The maximum atomic E-state index is 11.3. The number of nitrogens with one attached hydrogen (secondary N) is 2. The van der Waals surface area contributed by atoms with Gasteiger partial charge in [-0.15, -0.1) is 0 Å². The van der Waals surface area contributed by atoms with E-state index < -0.39 is 11.7 Å². The van der Waals surface area contributed by atoms with Crippen LogP contribution in [0, 0.1) is 5.92 Å². The summed E-state index contributed by atoms with van der Waals surface area (Å²) in [6.07, 6.45) is 2.01. The highest BCUT2D eigenvalue weighted by Gasteiger charge is 2.38. The first kappa shape index (κ1) is 17.1. The Hall–Kier alpha value is -1.30. The molecule has 122 valence electrons. The molecule has 0 radical (unpaired) electrons. The van der Waals surface area contributed by atoms with Crippen LogP contribution in [0.5, 0.6) is 0 Å². The van der Waals surface area contributed by atoms with Crippen molar-refractivity contribution in [2.24, 2.45) is 5.92 Å². The fourth-order valence-corrected chi connectivity index (χ4v) is 3.34. The Kier molecular flexibility index (Phi) is 6.06. The van der Waals surface area contributed by atoms with Gasteiger partial charge in [0, 0.05) is 24.0 Å². The number of carboxylic acid groups (broad SMARTS) is 1. The molecule has 1 unspecified atom stereocenters. The van der Waals surface area contributed by atoms with Gasteiger partial charge in [-0.25, -0.2) is 4.79 Å². The van der Waals surface area contributed by atoms with Crippen LogP contribution in [0.4, 0.5) is 4.79 Å². The molecule has 1 saturated heterocycles. The van der Waals surface area contributed by atoms with Crippen LogP contribution in [-0.4, -0.2) is 35.9 Å². The average molecular weight is 327 g/mol. The fourth-order valence-electron chi connectivity index (χ4n) is 3.15. The number of amides is 1. The minimum Gasteiger partial charge on any atom is -0.465 e. The van der Waals surface area contributed by atoms with Crippen LogP contribution >= 0.6 is 11.6 Å². The molecule has 1 aliphatic rings. The third-order valence-corrected chi connectivity index (χ3v) is 4.54. The van der Waals surface area contributed by atoms with Crippen LogP contribution in [0.15, 0.2) is 24.3 Å². The average Bonchev–Trinajstić information content (AvgIpc) is 2.52. The molecule has 1 aliphatic heterocycles. The van der Waals surface area contributed by atoms with Crippen molar-refractivity contribution in [3.63, 3.8) is 0 Å². The largest absolute Gasteiger partial charge is 0.465 e. The monoisotopic (exact) mass is 326 g/mol. The van der Waals surface area contributed by atoms with E-state index in [0.717, 1.165) is 31.5 Å². The molecule has 1 fully saturated rings. The maximum Gasteiger partial charge on any atom is 0.404 e. The molecule has 0 spiro atoms. The first-order valence-corrected chi connectivity index (χ1v) is 8.06. The van der Waals surface area contributed by atoms with Gasteiger partial charge in [-0.1, -0.05) is 23.7 Å². The predicted octanol–water partition coefficient (Wildman–Crippen LogP) is 2.58. The maximum absolute atomic E-state index is 11.3. The van der Waals surface area contributed by atoms with Crippen LogP contribution < -0.4 is 10.6 Å². The number of halogens is 1. The number of rotatable bonds is 6. The Labute approximate surface area is 135 Å². The molecule has 6 heteroatoms. The number of benzene rings is 1. The summed E-state index contributed by atoms with van der Waals surface area (Å²) in [5, 5.41) is 26.2. The predicted molar refractivity (Wildman–Crippen MR) is 86.2 cm³/mol. The number of carbonyl (C=O) groups is 1. The molecular formula is C16H23ClN2O3. The van der Waals surface area contributed by atoms with Gasteiger partial charge in [-0.2, -0.15) is 0 Å². The van der Waals surface area contributed by atoms with Crippen LogP contribution in [0.25, 0.3) is 0 Å². The van der Waals surface area contributed by atoms with Crippen molar-refractivity contribution in [1.29, 1.82) is 0 Å². The second kappa shape index (κ2) is 7.81. The quantitative estimate of drug-likeness (QED) is 0.606. The zero-order valence-electron chi connectivity index (χ0n) is 12.5. The van der Waals surface area contributed by atoms with Crippen molar-refractivity contribution in [1.82, 2.24) is 10.6 Å². The first-order valence-electron chi connectivity index (χ1n) is 7.68. The normalized spacial score (nSPS) is 21.1. The zero-order valence-corrected chi connectivity index (χ0v) is 13.3. The summed E-state index contributed by atoms with van der Waals surface area (Å²) in [5.41, 5.74) is -0.178. The topological polar surface area (TPSA) is 81.6 Å². The van der Waals surface area contributed by atoms with E-state index in [4.69, 9.17) is 16.7 Å². The molecule has 1 aromatic carbocycles. The van der Waals surface area contributed by atoms with Crippen LogP contribution in [-0.2, 0) is 5.60 Å². The van der Waals surface area contributed by atoms with E-state index in [9.17, 15) is 9.90 Å². The summed E-state index contributed by atoms with van der Waals surface area (Å²) < 4.78 is 0. The summed E-state index contributed by atoms with van der Waals surface area (Å²) >= 11 is 6.08. The Balaban J connectivity index is 2.13. The third-order valence-electron chi connectivity index (χ3n) is 4.31. The molecule has 1 heterocycles. The van der Waals surface area contributed by atoms with Crippen molar-refractivity contribution in [2.75, 3.05) is 19.6 Å². The van der Waals surface area contributed by atoms with Gasteiger partial charge in [0.25, 0.3) is 0 Å². The smallest absolute Gasteiger partial charge is 0.404 e. The molecule has 22 heavy (non-hydrogen) atoms. The lowest BCUT2D eigenvalue weighted by Crippen LogP contribution is -2.44. The van der Waals surface area contributed by atoms with Gasteiger partial charge in [-0.3, -0.25) is 0 Å². The highest BCUT2D eigenvalue weighted by molar-refractivity contribution is 6.30. The lowest BCUT2D eigenvalue weighted by Gasteiger charge is -2.39. The minimum absolute atomic E-state index is 0.101. The van der Waals surface area contributed by atoms with E-state index in [1.807, 2.05) is 12.1 Å². The van der Waals surface area contributed by atoms with E-state index in [1.54, 1.807) is 12.1 Å². The Morgan fingerprint density at radius 1 is 1.50 bits per heavy atom. The molecule has 2 rings (SSSR count). The third kappa shape index (κ3) is 4.35. The van der Waals surface area contributed by atoms with E-state index in [1.165, 1.54) is 0 Å². The summed E-state index contributed by atoms with van der Waals surface area (Å²) in [6, 6.07) is 7.33. The second-order valence-electron chi connectivity index (χ2n) is 5.81. The summed E-state index contributed by atoms with van der Waals surface area (Å²) in [4.78, 5) is 10.5. The fraction of sp³-hybridized carbons (Fsp3) is 0.562. The molecule has 1 amide bonds. The lowest BCUT2D eigenvalue weighted by atomic mass is 9.74. The molecule has 0 bridgehead atoms. The van der Waals surface area contributed by atoms with E-state index in [2.05, 4.69) is 10.6 Å². The van der Waals surface area contributed by atoms with Gasteiger partial charge in [0.2, 0.25) is 0 Å². The van der Waals surface area contributed by atoms with Crippen LogP contribution in [0.3, 0.4) is 0 Å². The summed E-state index contributed by atoms with van der Waals surface area (Å²) in [5.74, 6) is 0.101. The van der Waals surface area contributed by atoms with E-state index >= 15 is 0 Å². The molecule has 2 atom stereocenters. The Bertz CT molecular complexity index is 506. The van der Waals surface area contributed by atoms with E-state index in [-0.39, 0.29) is 5.92 Å². The van der Waals surface area contributed by atoms with Crippen LogP contribution in [0.1, 0.15) is 31.2 Å². The van der Waals surface area contributed by atoms with Crippen molar-refractivity contribution < 1.29 is 15.0 Å². The molecule has 0 saturated carbocycles. The molecule has 1 aromatic rings. The molecule has 4 N–H and O–H groups in total. The van der Waals surface area contributed by atoms with Gasteiger partial charge in [-0.05, 0) is 49.9 Å². The lowest BCUT2D eigenvalue weighted by molar-refractivity contribution is -0.0420. The SMILES string of the molecule is O=C(O)NCCCC(O)(c1cccc(Cl)c1)[C@@H]1CCCNC1. The van der Waals surface area contributed by atoms with Gasteiger partial charge in [0.15, 0.2) is 0 Å². The summed E-state index contributed by atoms with van der Waals surface area (Å²) in [6.45, 7) is 2.07. The van der Waals surface area contributed by atoms with Gasteiger partial charge < -0.3 is 20.8 Å². The molecule has 5 nitrogen and oxygen atoms in total. The van der Waals surface area contributed by atoms with Crippen molar-refractivity contribution in [2.45, 2.75) is 31.3 Å². The van der Waals surface area contributed by atoms with Gasteiger partial charge >= 0.3 is 6.09 Å². The van der Waals surface area contributed by atoms with Gasteiger partial charge in [0.05, 0.1) is 5.60 Å². The minimum atomic E-state index is -1.04. The number of hydrogen-bond acceptors (Lipinski definition) is 3. The van der Waals surface area contributed by atoms with Crippen molar-refractivity contribution in [3.8, 4) is 0 Å². The first-order chi connectivity index (χ1) is 10.5. The number of piperidine rings is 1. The van der Waals surface area contributed by atoms with Gasteiger partial charge in [0.1, 0.15) is 0 Å². The Morgan fingerprint density at radius 2 is 2.32 bits per heavy atom. The second-order valence-corrected chi connectivity index (χ2v) is 6.25. The molecule has 0 aliphatic carbocycles. The summed E-state index contributed by atoms with van der Waals surface area (Å²) in [7, 11) is 0. The highest BCUT2D eigenvalue weighted by Crippen LogP contribution is 2.38. The van der Waals surface area contributed by atoms with Crippen LogP contribution in [0.2, 0.25) is 5.02 Å². The molecular weight excluding hydrogens is 304 g/mol. The number of hydrogen-bond donors (Lipinski definition) is 4. The Morgan fingerprint density at radius 3 is 2.95 bits per heavy atom. The number of aliphatic hydroxyl groups is 1. The van der Waals surface area contributed by atoms with Crippen molar-refractivity contribution in [3.05, 3.63) is 34.9 Å². The van der Waals surface area contributed by atoms with E-state index in [0.29, 0.717) is 24.4 Å². The molecule has 0 aromatic heterocycles. The zero-order chi connectivity index (χ0) is 16.0. The highest BCUT2D eigenvalue weighted by atomic mass is 35.5. The van der Waals surface area contributed by atoms with Crippen molar-refractivity contribution >= 4 is 17.7 Å². The standard InChI is InChI=1S/C16H23ClN2O3/c17-14-6-1-4-12(10-14)16(22,7-3-9-19-15(20)21)13-5-2-8-18-11-13/h1,4,6,10,13,18-19,22H,2-3,5,7-9,11H2,(H,20,21)/t13-,16?/m1/s1.